The van der Waals surface area contributed by atoms with Crippen molar-refractivity contribution in [3.8, 4) is 17.2 Å². The van der Waals surface area contributed by atoms with Gasteiger partial charge in [-0.15, -0.1) is 0 Å². The van der Waals surface area contributed by atoms with E-state index in [0.29, 0.717) is 17.2 Å². The number of carbonyl (C=O) groups excluding carboxylic acids is 1. The number of esters is 1. The number of carbonyl (C=O) groups is 1. The van der Waals surface area contributed by atoms with Gasteiger partial charge < -0.3 is 18.9 Å². The van der Waals surface area contributed by atoms with Crippen LogP contribution in [0.15, 0.2) is 42.5 Å². The molecule has 2 saturated heterocycles. The minimum Gasteiger partial charge on any atom is -0.496 e. The van der Waals surface area contributed by atoms with Gasteiger partial charge in [0.25, 0.3) is 0 Å². The molecule has 4 rings (SSSR count). The van der Waals surface area contributed by atoms with Gasteiger partial charge in [-0.25, -0.2) is 10.9 Å². The molecule has 2 heterocycles. The Bertz CT molecular complexity index is 857. The van der Waals surface area contributed by atoms with Crippen LogP contribution in [0.2, 0.25) is 0 Å². The number of fused-ring (bicyclic) bond motifs is 1. The lowest BCUT2D eigenvalue weighted by Crippen LogP contribution is -2.42. The molecule has 2 aromatic carbocycles. The molecule has 2 aromatic rings. The van der Waals surface area contributed by atoms with Crippen molar-refractivity contribution < 1.29 is 23.7 Å². The fraction of sp³-hybridized carbons (Fsp3) is 0.381. The summed E-state index contributed by atoms with van der Waals surface area (Å²) >= 11 is 0. The maximum Gasteiger partial charge on any atom is 0.308 e. The predicted octanol–water partition coefficient (Wildman–Crippen LogP) is 2.53. The van der Waals surface area contributed by atoms with Crippen molar-refractivity contribution in [2.45, 2.75) is 24.6 Å². The first-order chi connectivity index (χ1) is 13.7. The van der Waals surface area contributed by atoms with Crippen molar-refractivity contribution in [3.63, 3.8) is 0 Å². The largest absolute Gasteiger partial charge is 0.496 e. The molecule has 2 aliphatic heterocycles. The standard InChI is InChI=1S/C21H24N2O5/c1-25-15-11-17(27-3)16(26-2)9-13(15)14-10-18(24)28-21-19(14)20(22-23-21)12-7-5-4-6-8-12/h4-9,11,14,19-23H,10H2,1-3H3. The van der Waals surface area contributed by atoms with Crippen LogP contribution in [0, 0.1) is 5.92 Å². The summed E-state index contributed by atoms with van der Waals surface area (Å²) in [6.45, 7) is 0. The molecule has 28 heavy (non-hydrogen) atoms. The summed E-state index contributed by atoms with van der Waals surface area (Å²) in [4.78, 5) is 12.3. The van der Waals surface area contributed by atoms with Gasteiger partial charge in [0.05, 0.1) is 33.8 Å². The smallest absolute Gasteiger partial charge is 0.308 e. The van der Waals surface area contributed by atoms with Gasteiger partial charge >= 0.3 is 5.97 Å². The van der Waals surface area contributed by atoms with Crippen molar-refractivity contribution >= 4 is 5.97 Å². The lowest BCUT2D eigenvalue weighted by molar-refractivity contribution is -0.160. The van der Waals surface area contributed by atoms with Crippen molar-refractivity contribution in [1.29, 1.82) is 0 Å². The zero-order valence-electron chi connectivity index (χ0n) is 16.1. The summed E-state index contributed by atoms with van der Waals surface area (Å²) in [5.41, 5.74) is 8.47. The van der Waals surface area contributed by atoms with Gasteiger partial charge in [0.15, 0.2) is 17.7 Å². The van der Waals surface area contributed by atoms with Gasteiger partial charge in [-0.05, 0) is 11.6 Å². The highest BCUT2D eigenvalue weighted by Crippen LogP contribution is 2.49. The summed E-state index contributed by atoms with van der Waals surface area (Å²) in [5, 5.41) is 0. The van der Waals surface area contributed by atoms with Gasteiger partial charge in [0, 0.05) is 23.5 Å². The molecule has 2 N–H and O–H groups in total. The zero-order valence-corrected chi connectivity index (χ0v) is 16.1. The number of methoxy groups -OCH3 is 3. The monoisotopic (exact) mass is 384 g/mol. The van der Waals surface area contributed by atoms with E-state index in [4.69, 9.17) is 18.9 Å². The Morgan fingerprint density at radius 3 is 2.29 bits per heavy atom. The van der Waals surface area contributed by atoms with Gasteiger partial charge in [-0.2, -0.15) is 0 Å². The van der Waals surface area contributed by atoms with Crippen molar-refractivity contribution in [1.82, 2.24) is 10.9 Å². The summed E-state index contributed by atoms with van der Waals surface area (Å²) < 4.78 is 22.1. The first-order valence-corrected chi connectivity index (χ1v) is 9.21. The van der Waals surface area contributed by atoms with Crippen LogP contribution >= 0.6 is 0 Å². The van der Waals surface area contributed by atoms with Crippen LogP contribution in [-0.4, -0.2) is 33.5 Å². The van der Waals surface area contributed by atoms with Gasteiger partial charge in [-0.3, -0.25) is 4.79 Å². The average Bonchev–Trinajstić information content (AvgIpc) is 3.16. The normalized spacial score (nSPS) is 26.3. The molecule has 148 valence electrons. The number of hydrogen-bond donors (Lipinski definition) is 2. The van der Waals surface area contributed by atoms with Crippen LogP contribution in [-0.2, 0) is 9.53 Å². The third-order valence-corrected chi connectivity index (χ3v) is 5.52. The number of benzene rings is 2. The molecular formula is C21H24N2O5. The van der Waals surface area contributed by atoms with Crippen molar-refractivity contribution in [3.05, 3.63) is 53.6 Å². The first kappa shape index (κ1) is 18.6. The minimum atomic E-state index is -0.422. The topological polar surface area (TPSA) is 78.1 Å². The summed E-state index contributed by atoms with van der Waals surface area (Å²) in [6.07, 6.45) is -0.158. The number of nitrogens with one attached hydrogen (secondary N) is 2. The van der Waals surface area contributed by atoms with Crippen LogP contribution in [0.25, 0.3) is 0 Å². The fourth-order valence-corrected chi connectivity index (χ4v) is 4.22. The summed E-state index contributed by atoms with van der Waals surface area (Å²) in [7, 11) is 4.79. The van der Waals surface area contributed by atoms with Crippen molar-refractivity contribution in [2.75, 3.05) is 21.3 Å². The van der Waals surface area contributed by atoms with E-state index in [1.807, 2.05) is 24.3 Å². The Morgan fingerprint density at radius 2 is 1.61 bits per heavy atom. The van der Waals surface area contributed by atoms with Crippen LogP contribution in [0.3, 0.4) is 0 Å². The molecule has 0 bridgehead atoms. The van der Waals surface area contributed by atoms with E-state index >= 15 is 0 Å². The number of ether oxygens (including phenoxy) is 4. The van der Waals surface area contributed by atoms with Crippen LogP contribution in [0.1, 0.15) is 29.5 Å². The Kier molecular flexibility index (Phi) is 5.11. The van der Waals surface area contributed by atoms with Crippen molar-refractivity contribution in [2.24, 2.45) is 5.92 Å². The highest BCUT2D eigenvalue weighted by molar-refractivity contribution is 5.72. The second kappa shape index (κ2) is 7.69. The predicted molar refractivity (Wildman–Crippen MR) is 102 cm³/mol. The molecule has 7 heteroatoms. The quantitative estimate of drug-likeness (QED) is 0.767. The molecular weight excluding hydrogens is 360 g/mol. The van der Waals surface area contributed by atoms with Crippen LogP contribution in [0.5, 0.6) is 17.2 Å². The average molecular weight is 384 g/mol. The molecule has 0 aromatic heterocycles. The van der Waals surface area contributed by atoms with E-state index in [1.54, 1.807) is 27.4 Å². The zero-order chi connectivity index (χ0) is 19.7. The Hall–Kier alpha value is -2.77. The second-order valence-corrected chi connectivity index (χ2v) is 6.92. The van der Waals surface area contributed by atoms with Gasteiger partial charge in [-0.1, -0.05) is 30.3 Å². The van der Waals surface area contributed by atoms with E-state index in [0.717, 1.165) is 11.1 Å². The SMILES string of the molecule is COc1cc(OC)c(C2CC(=O)OC3NNC(c4ccccc4)C32)cc1OC. The van der Waals surface area contributed by atoms with Crippen LogP contribution in [0.4, 0.5) is 0 Å². The Morgan fingerprint density at radius 1 is 0.929 bits per heavy atom. The second-order valence-electron chi connectivity index (χ2n) is 6.92. The maximum absolute atomic E-state index is 12.3. The minimum absolute atomic E-state index is 0.00731. The van der Waals surface area contributed by atoms with E-state index < -0.39 is 6.23 Å². The van der Waals surface area contributed by atoms with E-state index in [2.05, 4.69) is 23.0 Å². The molecule has 4 atom stereocenters. The number of rotatable bonds is 5. The van der Waals surface area contributed by atoms with Crippen LogP contribution < -0.4 is 25.1 Å². The maximum atomic E-state index is 12.3. The number of hydrazine groups is 1. The van der Waals surface area contributed by atoms with E-state index in [-0.39, 0.29) is 30.3 Å². The molecule has 0 radical (unpaired) electrons. The highest BCUT2D eigenvalue weighted by atomic mass is 16.6. The summed E-state index contributed by atoms with van der Waals surface area (Å²) in [6, 6.07) is 13.8. The lowest BCUT2D eigenvalue weighted by atomic mass is 9.75. The molecule has 7 nitrogen and oxygen atoms in total. The molecule has 2 aliphatic rings. The molecule has 0 saturated carbocycles. The third-order valence-electron chi connectivity index (χ3n) is 5.52. The molecule has 0 aliphatic carbocycles. The molecule has 0 amide bonds. The molecule has 0 spiro atoms. The summed E-state index contributed by atoms with van der Waals surface area (Å²) in [5.74, 6) is 1.48. The van der Waals surface area contributed by atoms with E-state index in [9.17, 15) is 4.79 Å². The fourth-order valence-electron chi connectivity index (χ4n) is 4.22. The molecule has 2 fully saturated rings. The van der Waals surface area contributed by atoms with Gasteiger partial charge in [0.2, 0.25) is 0 Å². The highest BCUT2D eigenvalue weighted by Gasteiger charge is 2.49. The number of hydrogen-bond acceptors (Lipinski definition) is 7. The third kappa shape index (κ3) is 3.16. The Balaban J connectivity index is 1.79. The Labute approximate surface area is 163 Å². The first-order valence-electron chi connectivity index (χ1n) is 9.21. The molecule has 4 unspecified atom stereocenters. The van der Waals surface area contributed by atoms with Gasteiger partial charge in [0.1, 0.15) is 5.75 Å². The van der Waals surface area contributed by atoms with E-state index in [1.165, 1.54) is 0 Å². The lowest BCUT2D eigenvalue weighted by Gasteiger charge is -2.35.